The maximum atomic E-state index is 10.6. The highest BCUT2D eigenvalue weighted by molar-refractivity contribution is 5.82. The Bertz CT molecular complexity index is 707. The number of carboxylic acids is 1. The van der Waals surface area contributed by atoms with Gasteiger partial charge in [-0.3, -0.25) is 4.40 Å². The van der Waals surface area contributed by atoms with Gasteiger partial charge in [0.15, 0.2) is 0 Å². The topological polar surface area (TPSA) is 109 Å². The standard InChI is InChI=1S/C9H7N5O3/c1-4-5(11-9-10-2-3-14(4)9)6-12-7(8(15)16)17-13-6/h2-3H,1H3,(H,10,11)(H,15,16). The van der Waals surface area contributed by atoms with Gasteiger partial charge < -0.3 is 14.6 Å². The van der Waals surface area contributed by atoms with Crippen molar-refractivity contribution in [1.82, 2.24) is 24.5 Å². The summed E-state index contributed by atoms with van der Waals surface area (Å²) in [5.41, 5.74) is 1.42. The summed E-state index contributed by atoms with van der Waals surface area (Å²) < 4.78 is 6.41. The number of aromatic carboxylic acids is 1. The number of nitrogens with zero attached hydrogens (tertiary/aromatic N) is 4. The fourth-order valence-electron chi connectivity index (χ4n) is 1.62. The Labute approximate surface area is 93.9 Å². The van der Waals surface area contributed by atoms with Crippen LogP contribution in [0.2, 0.25) is 0 Å². The van der Waals surface area contributed by atoms with E-state index in [4.69, 9.17) is 5.11 Å². The van der Waals surface area contributed by atoms with Gasteiger partial charge in [-0.25, -0.2) is 9.78 Å². The number of H-pyrrole nitrogens is 1. The molecule has 0 radical (unpaired) electrons. The van der Waals surface area contributed by atoms with Gasteiger partial charge in [0.2, 0.25) is 11.6 Å². The molecule has 0 aliphatic rings. The van der Waals surface area contributed by atoms with Gasteiger partial charge in [-0.05, 0) is 6.92 Å². The second-order valence-corrected chi connectivity index (χ2v) is 3.43. The van der Waals surface area contributed by atoms with Crippen molar-refractivity contribution < 1.29 is 14.4 Å². The summed E-state index contributed by atoms with van der Waals surface area (Å²) in [5, 5.41) is 12.3. The number of aryl methyl sites for hydroxylation is 1. The van der Waals surface area contributed by atoms with E-state index < -0.39 is 11.9 Å². The molecule has 0 atom stereocenters. The maximum absolute atomic E-state index is 10.6. The van der Waals surface area contributed by atoms with Gasteiger partial charge in [0, 0.05) is 12.4 Å². The highest BCUT2D eigenvalue weighted by Crippen LogP contribution is 2.20. The Morgan fingerprint density at radius 3 is 3.06 bits per heavy atom. The lowest BCUT2D eigenvalue weighted by atomic mass is 10.3. The molecule has 0 saturated carbocycles. The van der Waals surface area contributed by atoms with Gasteiger partial charge in [0.25, 0.3) is 0 Å². The van der Waals surface area contributed by atoms with Gasteiger partial charge in [0.05, 0.1) is 5.69 Å². The number of rotatable bonds is 2. The molecule has 3 heterocycles. The van der Waals surface area contributed by atoms with Gasteiger partial charge in [0.1, 0.15) is 5.69 Å². The van der Waals surface area contributed by atoms with E-state index in [-0.39, 0.29) is 5.82 Å². The zero-order valence-corrected chi connectivity index (χ0v) is 8.71. The zero-order chi connectivity index (χ0) is 12.0. The van der Waals surface area contributed by atoms with Crippen LogP contribution in [0.4, 0.5) is 0 Å². The van der Waals surface area contributed by atoms with E-state index in [1.165, 1.54) is 0 Å². The van der Waals surface area contributed by atoms with Crippen LogP contribution < -0.4 is 0 Å². The normalized spacial score (nSPS) is 11.1. The second-order valence-electron chi connectivity index (χ2n) is 3.43. The number of imidazole rings is 2. The monoisotopic (exact) mass is 233 g/mol. The molecule has 3 aromatic heterocycles. The van der Waals surface area contributed by atoms with Crippen LogP contribution in [0.25, 0.3) is 17.3 Å². The molecule has 8 nitrogen and oxygen atoms in total. The molecular weight excluding hydrogens is 226 g/mol. The molecule has 0 fully saturated rings. The minimum Gasteiger partial charge on any atom is -0.474 e. The van der Waals surface area contributed by atoms with Gasteiger partial charge in [-0.1, -0.05) is 5.16 Å². The number of aromatic amines is 1. The average Bonchev–Trinajstić information content (AvgIpc) is 2.95. The lowest BCUT2D eigenvalue weighted by Gasteiger charge is -1.90. The highest BCUT2D eigenvalue weighted by atomic mass is 16.5. The van der Waals surface area contributed by atoms with Crippen LogP contribution in [0.3, 0.4) is 0 Å². The van der Waals surface area contributed by atoms with Crippen molar-refractivity contribution in [1.29, 1.82) is 0 Å². The van der Waals surface area contributed by atoms with Crippen LogP contribution in [0, 0.1) is 6.92 Å². The number of nitrogens with one attached hydrogen (secondary N) is 1. The molecule has 0 unspecified atom stereocenters. The lowest BCUT2D eigenvalue weighted by molar-refractivity contribution is 0.0643. The van der Waals surface area contributed by atoms with Crippen LogP contribution in [-0.4, -0.2) is 35.6 Å². The molecule has 0 aliphatic carbocycles. The molecule has 8 heteroatoms. The molecule has 3 rings (SSSR count). The average molecular weight is 233 g/mol. The molecule has 0 aliphatic heterocycles. The summed E-state index contributed by atoms with van der Waals surface area (Å²) in [6.45, 7) is 1.84. The van der Waals surface area contributed by atoms with Crippen molar-refractivity contribution in [3.05, 3.63) is 24.0 Å². The quantitative estimate of drug-likeness (QED) is 0.674. The van der Waals surface area contributed by atoms with Crippen molar-refractivity contribution in [2.75, 3.05) is 0 Å². The number of hydrogen-bond donors (Lipinski definition) is 2. The van der Waals surface area contributed by atoms with Gasteiger partial charge >= 0.3 is 11.9 Å². The van der Waals surface area contributed by atoms with Gasteiger partial charge in [-0.2, -0.15) is 4.98 Å². The van der Waals surface area contributed by atoms with E-state index in [1.807, 2.05) is 11.3 Å². The number of aromatic nitrogens is 5. The summed E-state index contributed by atoms with van der Waals surface area (Å²) >= 11 is 0. The Balaban J connectivity index is 2.16. The first-order valence-corrected chi connectivity index (χ1v) is 4.76. The second kappa shape index (κ2) is 3.17. The summed E-state index contributed by atoms with van der Waals surface area (Å²) in [6, 6.07) is 0. The van der Waals surface area contributed by atoms with E-state index in [9.17, 15) is 4.79 Å². The summed E-state index contributed by atoms with van der Waals surface area (Å²) in [6.07, 6.45) is 3.43. The predicted molar refractivity (Wildman–Crippen MR) is 54.5 cm³/mol. The molecule has 0 aromatic carbocycles. The largest absolute Gasteiger partial charge is 0.474 e. The Kier molecular flexibility index (Phi) is 1.79. The molecule has 3 aromatic rings. The molecule has 0 spiro atoms. The first-order chi connectivity index (χ1) is 8.16. The Morgan fingerprint density at radius 1 is 1.59 bits per heavy atom. The van der Waals surface area contributed by atoms with Gasteiger partial charge in [-0.15, -0.1) is 0 Å². The van der Waals surface area contributed by atoms with E-state index in [2.05, 4.69) is 24.6 Å². The van der Waals surface area contributed by atoms with Crippen molar-refractivity contribution in [2.45, 2.75) is 6.92 Å². The number of fused-ring (bicyclic) bond motifs is 1. The first-order valence-electron chi connectivity index (χ1n) is 4.76. The summed E-state index contributed by atoms with van der Waals surface area (Å²) in [7, 11) is 0. The third-order valence-corrected chi connectivity index (χ3v) is 2.43. The van der Waals surface area contributed by atoms with E-state index in [0.717, 1.165) is 5.69 Å². The van der Waals surface area contributed by atoms with E-state index >= 15 is 0 Å². The van der Waals surface area contributed by atoms with Crippen molar-refractivity contribution in [3.63, 3.8) is 0 Å². The van der Waals surface area contributed by atoms with Crippen LogP contribution >= 0.6 is 0 Å². The molecule has 0 amide bonds. The molecule has 17 heavy (non-hydrogen) atoms. The predicted octanol–water partition coefficient (Wildman–Crippen LogP) is 0.719. The first kappa shape index (κ1) is 9.58. The molecule has 0 saturated heterocycles. The Hall–Kier alpha value is -2.64. The number of carbonyl (C=O) groups is 1. The summed E-state index contributed by atoms with van der Waals surface area (Å²) in [5.74, 6) is -0.853. The van der Waals surface area contributed by atoms with E-state index in [1.54, 1.807) is 12.4 Å². The smallest absolute Gasteiger partial charge is 0.394 e. The zero-order valence-electron chi connectivity index (χ0n) is 8.71. The molecule has 0 bridgehead atoms. The SMILES string of the molecule is Cc1c(-c2noc(C(=O)O)n2)[nH]c2nccn12. The number of carboxylic acid groups (broad SMARTS) is 1. The molecular formula is C9H7N5O3. The number of hydrogen-bond acceptors (Lipinski definition) is 5. The van der Waals surface area contributed by atoms with Crippen LogP contribution in [0.15, 0.2) is 16.9 Å². The fraction of sp³-hybridized carbons (Fsp3) is 0.111. The van der Waals surface area contributed by atoms with Crippen LogP contribution in [0.1, 0.15) is 16.4 Å². The lowest BCUT2D eigenvalue weighted by Crippen LogP contribution is -1.95. The maximum Gasteiger partial charge on any atom is 0.394 e. The van der Waals surface area contributed by atoms with Crippen molar-refractivity contribution in [3.8, 4) is 11.5 Å². The minimum absolute atomic E-state index is 0.199. The summed E-state index contributed by atoms with van der Waals surface area (Å²) in [4.78, 5) is 21.5. The molecule has 2 N–H and O–H groups in total. The third kappa shape index (κ3) is 1.30. The Morgan fingerprint density at radius 2 is 2.41 bits per heavy atom. The minimum atomic E-state index is -1.25. The van der Waals surface area contributed by atoms with Crippen molar-refractivity contribution in [2.24, 2.45) is 0 Å². The van der Waals surface area contributed by atoms with Crippen molar-refractivity contribution >= 4 is 11.7 Å². The third-order valence-electron chi connectivity index (χ3n) is 2.43. The molecule has 86 valence electrons. The fourth-order valence-corrected chi connectivity index (χ4v) is 1.62. The van der Waals surface area contributed by atoms with Crippen LogP contribution in [-0.2, 0) is 0 Å². The van der Waals surface area contributed by atoms with Crippen LogP contribution in [0.5, 0.6) is 0 Å². The highest BCUT2D eigenvalue weighted by Gasteiger charge is 2.18. The van der Waals surface area contributed by atoms with E-state index in [0.29, 0.717) is 11.5 Å².